The molecule has 0 aliphatic heterocycles. The summed E-state index contributed by atoms with van der Waals surface area (Å²) in [6, 6.07) is 0. The number of aldehydes is 1. The van der Waals surface area contributed by atoms with Crippen molar-refractivity contribution < 1.29 is 34.8 Å². The Labute approximate surface area is 150 Å². The van der Waals surface area contributed by atoms with Gasteiger partial charge in [-0.05, 0) is 6.42 Å². The molecular formula is C18H34O7. The lowest BCUT2D eigenvalue weighted by atomic mass is 10.0. The SMILES string of the molecule is CCCCCCCCCCCCOC(=O)C(O)C(O)C(O)C(O)C=O. The molecular weight excluding hydrogens is 328 g/mol. The maximum atomic E-state index is 11.5. The highest BCUT2D eigenvalue weighted by Crippen LogP contribution is 2.11. The van der Waals surface area contributed by atoms with Gasteiger partial charge in [0.1, 0.15) is 18.3 Å². The van der Waals surface area contributed by atoms with E-state index in [0.29, 0.717) is 6.42 Å². The molecule has 0 saturated heterocycles. The topological polar surface area (TPSA) is 124 Å². The Morgan fingerprint density at radius 2 is 1.32 bits per heavy atom. The molecule has 0 rings (SSSR count). The lowest BCUT2D eigenvalue weighted by molar-refractivity contribution is -0.169. The molecule has 7 nitrogen and oxygen atoms in total. The van der Waals surface area contributed by atoms with E-state index >= 15 is 0 Å². The third kappa shape index (κ3) is 11.3. The van der Waals surface area contributed by atoms with E-state index in [1.807, 2.05) is 0 Å². The van der Waals surface area contributed by atoms with E-state index in [1.165, 1.54) is 38.5 Å². The van der Waals surface area contributed by atoms with Gasteiger partial charge in [0, 0.05) is 0 Å². The van der Waals surface area contributed by atoms with Crippen molar-refractivity contribution in [3.05, 3.63) is 0 Å². The summed E-state index contributed by atoms with van der Waals surface area (Å²) in [6.45, 7) is 2.31. The average Bonchev–Trinajstić information content (AvgIpc) is 2.63. The molecule has 0 aliphatic rings. The first-order valence-corrected chi connectivity index (χ1v) is 9.29. The fraction of sp³-hybridized carbons (Fsp3) is 0.889. The number of rotatable bonds is 16. The summed E-state index contributed by atoms with van der Waals surface area (Å²) >= 11 is 0. The number of unbranched alkanes of at least 4 members (excludes halogenated alkanes) is 9. The van der Waals surface area contributed by atoms with Gasteiger partial charge in [0.15, 0.2) is 12.4 Å². The average molecular weight is 362 g/mol. The first kappa shape index (κ1) is 24.0. The van der Waals surface area contributed by atoms with E-state index < -0.39 is 30.4 Å². The summed E-state index contributed by atoms with van der Waals surface area (Å²) in [6.07, 6.45) is 3.59. The zero-order valence-electron chi connectivity index (χ0n) is 15.2. The number of esters is 1. The molecule has 0 fully saturated rings. The van der Waals surface area contributed by atoms with Crippen LogP contribution in [0.4, 0.5) is 0 Å². The predicted octanol–water partition coefficient (Wildman–Crippen LogP) is 1.09. The Balaban J connectivity index is 3.67. The van der Waals surface area contributed by atoms with Crippen LogP contribution in [0.3, 0.4) is 0 Å². The smallest absolute Gasteiger partial charge is 0.337 e. The predicted molar refractivity (Wildman–Crippen MR) is 92.9 cm³/mol. The van der Waals surface area contributed by atoms with Crippen LogP contribution >= 0.6 is 0 Å². The van der Waals surface area contributed by atoms with Gasteiger partial charge in [-0.3, -0.25) is 0 Å². The number of hydrogen-bond acceptors (Lipinski definition) is 7. The summed E-state index contributed by atoms with van der Waals surface area (Å²) in [5.74, 6) is -1.08. The molecule has 25 heavy (non-hydrogen) atoms. The number of hydrogen-bond donors (Lipinski definition) is 4. The van der Waals surface area contributed by atoms with Crippen LogP contribution in [0.25, 0.3) is 0 Å². The van der Waals surface area contributed by atoms with E-state index in [4.69, 9.17) is 9.84 Å². The van der Waals surface area contributed by atoms with Gasteiger partial charge in [-0.15, -0.1) is 0 Å². The molecule has 0 bridgehead atoms. The Kier molecular flexibility index (Phi) is 14.6. The number of aliphatic hydroxyl groups is 4. The maximum Gasteiger partial charge on any atom is 0.337 e. The molecule has 0 heterocycles. The molecule has 7 heteroatoms. The van der Waals surface area contributed by atoms with E-state index in [9.17, 15) is 24.9 Å². The molecule has 0 aromatic carbocycles. The van der Waals surface area contributed by atoms with Gasteiger partial charge in [-0.2, -0.15) is 0 Å². The van der Waals surface area contributed by atoms with E-state index in [1.54, 1.807) is 0 Å². The minimum Gasteiger partial charge on any atom is -0.464 e. The van der Waals surface area contributed by atoms with Gasteiger partial charge in [0.2, 0.25) is 0 Å². The summed E-state index contributed by atoms with van der Waals surface area (Å²) in [7, 11) is 0. The van der Waals surface area contributed by atoms with Crippen LogP contribution < -0.4 is 0 Å². The van der Waals surface area contributed by atoms with Crippen LogP contribution in [0.5, 0.6) is 0 Å². The summed E-state index contributed by atoms with van der Waals surface area (Å²) in [5, 5.41) is 37.5. The lowest BCUT2D eigenvalue weighted by Crippen LogP contribution is -2.48. The molecule has 0 aromatic rings. The molecule has 148 valence electrons. The van der Waals surface area contributed by atoms with Gasteiger partial charge in [-0.25, -0.2) is 4.79 Å². The maximum absolute atomic E-state index is 11.5. The molecule has 4 N–H and O–H groups in total. The minimum absolute atomic E-state index is 0.00967. The van der Waals surface area contributed by atoms with Gasteiger partial charge in [-0.1, -0.05) is 64.7 Å². The fourth-order valence-electron chi connectivity index (χ4n) is 2.46. The highest BCUT2D eigenvalue weighted by Gasteiger charge is 2.35. The summed E-state index contributed by atoms with van der Waals surface area (Å²) in [4.78, 5) is 21.9. The number of aliphatic hydroxyl groups excluding tert-OH is 4. The first-order valence-electron chi connectivity index (χ1n) is 9.29. The van der Waals surface area contributed by atoms with Crippen molar-refractivity contribution in [3.8, 4) is 0 Å². The van der Waals surface area contributed by atoms with E-state index in [-0.39, 0.29) is 12.9 Å². The van der Waals surface area contributed by atoms with Crippen molar-refractivity contribution in [2.45, 2.75) is 95.5 Å². The third-order valence-corrected chi connectivity index (χ3v) is 4.15. The standard InChI is InChI=1S/C18H34O7/c1-2-3-4-5-6-7-8-9-10-11-12-25-18(24)17(23)16(22)15(21)14(20)13-19/h13-17,20-23H,2-12H2,1H3. The summed E-state index contributed by atoms with van der Waals surface area (Å²) in [5.41, 5.74) is 0. The zero-order valence-corrected chi connectivity index (χ0v) is 15.2. The van der Waals surface area contributed by atoms with Crippen LogP contribution in [-0.2, 0) is 14.3 Å². The normalized spacial score (nSPS) is 16.0. The lowest BCUT2D eigenvalue weighted by Gasteiger charge is -2.22. The zero-order chi connectivity index (χ0) is 19.1. The molecule has 4 unspecified atom stereocenters. The fourth-order valence-corrected chi connectivity index (χ4v) is 2.46. The second-order valence-corrected chi connectivity index (χ2v) is 6.40. The highest BCUT2D eigenvalue weighted by molar-refractivity contribution is 5.75. The van der Waals surface area contributed by atoms with Gasteiger partial charge in [0.25, 0.3) is 0 Å². The molecule has 0 amide bonds. The van der Waals surface area contributed by atoms with Crippen LogP contribution in [0.2, 0.25) is 0 Å². The molecule has 0 aromatic heterocycles. The van der Waals surface area contributed by atoms with E-state index in [2.05, 4.69) is 6.92 Å². The second kappa shape index (κ2) is 15.3. The van der Waals surface area contributed by atoms with Crippen molar-refractivity contribution in [3.63, 3.8) is 0 Å². The van der Waals surface area contributed by atoms with Crippen LogP contribution in [-0.4, -0.2) is 63.7 Å². The van der Waals surface area contributed by atoms with E-state index in [0.717, 1.165) is 19.3 Å². The second-order valence-electron chi connectivity index (χ2n) is 6.40. The Morgan fingerprint density at radius 3 is 1.80 bits per heavy atom. The Bertz CT molecular complexity index is 348. The van der Waals surface area contributed by atoms with Crippen molar-refractivity contribution in [2.75, 3.05) is 6.61 Å². The molecule has 0 saturated carbocycles. The van der Waals surface area contributed by atoms with Crippen LogP contribution in [0.15, 0.2) is 0 Å². The monoisotopic (exact) mass is 362 g/mol. The van der Waals surface area contributed by atoms with Crippen molar-refractivity contribution >= 4 is 12.3 Å². The van der Waals surface area contributed by atoms with Crippen LogP contribution in [0, 0.1) is 0 Å². The number of carbonyl (C=O) groups is 2. The molecule has 0 radical (unpaired) electrons. The van der Waals surface area contributed by atoms with Crippen molar-refractivity contribution in [1.29, 1.82) is 0 Å². The summed E-state index contributed by atoms with van der Waals surface area (Å²) < 4.78 is 4.83. The van der Waals surface area contributed by atoms with Crippen molar-refractivity contribution in [1.82, 2.24) is 0 Å². The van der Waals surface area contributed by atoms with Gasteiger partial charge >= 0.3 is 5.97 Å². The molecule has 4 atom stereocenters. The van der Waals surface area contributed by atoms with Gasteiger partial charge < -0.3 is 30.0 Å². The number of carbonyl (C=O) groups excluding carboxylic acids is 2. The Hall–Kier alpha value is -1.02. The number of ether oxygens (including phenoxy) is 1. The quantitative estimate of drug-likeness (QED) is 0.184. The van der Waals surface area contributed by atoms with Crippen molar-refractivity contribution in [2.24, 2.45) is 0 Å². The Morgan fingerprint density at radius 1 is 0.840 bits per heavy atom. The third-order valence-electron chi connectivity index (χ3n) is 4.15. The molecule has 0 aliphatic carbocycles. The molecule has 0 spiro atoms. The minimum atomic E-state index is -2.01. The highest BCUT2D eigenvalue weighted by atomic mass is 16.5. The largest absolute Gasteiger partial charge is 0.464 e. The van der Waals surface area contributed by atoms with Crippen LogP contribution in [0.1, 0.15) is 71.1 Å². The van der Waals surface area contributed by atoms with Gasteiger partial charge in [0.05, 0.1) is 6.61 Å². The first-order chi connectivity index (χ1) is 12.0.